The highest BCUT2D eigenvalue weighted by molar-refractivity contribution is 5.29. The molecule has 1 aliphatic rings. The average Bonchev–Trinajstić information content (AvgIpc) is 2.42. The molecule has 0 aromatic heterocycles. The first kappa shape index (κ1) is 14.4. The number of benzene rings is 1. The van der Waals surface area contributed by atoms with Crippen LogP contribution in [0.1, 0.15) is 38.8 Å². The standard InChI is InChI=1S/C16H26N2O/c1-5-15(13-6-8-14(19-4)9-7-13)18-11-10-17-12-16(18,2)3/h6-9,15,17H,5,10-12H2,1-4H3. The lowest BCUT2D eigenvalue weighted by atomic mass is 9.93. The number of nitrogens with zero attached hydrogens (tertiary/aromatic N) is 1. The van der Waals surface area contributed by atoms with E-state index in [9.17, 15) is 0 Å². The molecule has 1 N–H and O–H groups in total. The van der Waals surface area contributed by atoms with Crippen LogP contribution in [0.4, 0.5) is 0 Å². The Bertz CT molecular complexity index is 400. The molecule has 0 saturated carbocycles. The normalized spacial score (nSPS) is 21.1. The van der Waals surface area contributed by atoms with Crippen LogP contribution in [0.5, 0.6) is 5.75 Å². The van der Waals surface area contributed by atoms with Crippen molar-refractivity contribution in [1.82, 2.24) is 10.2 Å². The molecular weight excluding hydrogens is 236 g/mol. The monoisotopic (exact) mass is 262 g/mol. The summed E-state index contributed by atoms with van der Waals surface area (Å²) in [6.45, 7) is 10.2. The van der Waals surface area contributed by atoms with Crippen LogP contribution >= 0.6 is 0 Å². The van der Waals surface area contributed by atoms with Gasteiger partial charge in [0.1, 0.15) is 5.75 Å². The number of rotatable bonds is 4. The van der Waals surface area contributed by atoms with Gasteiger partial charge in [-0.1, -0.05) is 19.1 Å². The number of hydrogen-bond donors (Lipinski definition) is 1. The molecule has 0 aliphatic carbocycles. The molecule has 3 nitrogen and oxygen atoms in total. The molecule has 1 aromatic carbocycles. The van der Waals surface area contributed by atoms with Gasteiger partial charge in [0, 0.05) is 31.2 Å². The topological polar surface area (TPSA) is 24.5 Å². The van der Waals surface area contributed by atoms with Crippen LogP contribution in [-0.4, -0.2) is 37.2 Å². The SMILES string of the molecule is CCC(c1ccc(OC)cc1)N1CCNCC1(C)C. The Morgan fingerprint density at radius 2 is 2.00 bits per heavy atom. The van der Waals surface area contributed by atoms with Crippen molar-refractivity contribution in [2.24, 2.45) is 0 Å². The third kappa shape index (κ3) is 3.10. The number of ether oxygens (including phenoxy) is 1. The Kier molecular flexibility index (Phi) is 4.48. The Morgan fingerprint density at radius 1 is 1.32 bits per heavy atom. The third-order valence-corrected chi connectivity index (χ3v) is 4.13. The van der Waals surface area contributed by atoms with E-state index in [1.165, 1.54) is 5.56 Å². The highest BCUT2D eigenvalue weighted by Gasteiger charge is 2.34. The van der Waals surface area contributed by atoms with Gasteiger partial charge in [-0.05, 0) is 38.0 Å². The number of methoxy groups -OCH3 is 1. The molecular formula is C16H26N2O. The lowest BCUT2D eigenvalue weighted by Gasteiger charge is -2.47. The van der Waals surface area contributed by atoms with Crippen molar-refractivity contribution in [3.05, 3.63) is 29.8 Å². The first-order valence-electron chi connectivity index (χ1n) is 7.20. The summed E-state index contributed by atoms with van der Waals surface area (Å²) in [6.07, 6.45) is 1.13. The van der Waals surface area contributed by atoms with E-state index in [4.69, 9.17) is 4.74 Å². The van der Waals surface area contributed by atoms with Crippen LogP contribution in [0.15, 0.2) is 24.3 Å². The smallest absolute Gasteiger partial charge is 0.118 e. The maximum absolute atomic E-state index is 5.25. The molecule has 1 aromatic rings. The molecule has 1 unspecified atom stereocenters. The minimum Gasteiger partial charge on any atom is -0.497 e. The molecule has 1 atom stereocenters. The summed E-state index contributed by atoms with van der Waals surface area (Å²) in [5.41, 5.74) is 1.59. The van der Waals surface area contributed by atoms with E-state index in [1.807, 2.05) is 0 Å². The minimum atomic E-state index is 0.207. The molecule has 0 bridgehead atoms. The fraction of sp³-hybridized carbons (Fsp3) is 0.625. The van der Waals surface area contributed by atoms with Crippen LogP contribution in [0.25, 0.3) is 0 Å². The largest absolute Gasteiger partial charge is 0.497 e. The zero-order chi connectivity index (χ0) is 13.9. The van der Waals surface area contributed by atoms with E-state index in [2.05, 4.69) is 55.3 Å². The first-order chi connectivity index (χ1) is 9.08. The predicted molar refractivity (Wildman–Crippen MR) is 79.7 cm³/mol. The zero-order valence-corrected chi connectivity index (χ0v) is 12.6. The van der Waals surface area contributed by atoms with Gasteiger partial charge in [0.2, 0.25) is 0 Å². The summed E-state index contributed by atoms with van der Waals surface area (Å²) in [6, 6.07) is 9.01. The van der Waals surface area contributed by atoms with Gasteiger partial charge in [0.25, 0.3) is 0 Å². The summed E-state index contributed by atoms with van der Waals surface area (Å²) < 4.78 is 5.25. The minimum absolute atomic E-state index is 0.207. The molecule has 1 aliphatic heterocycles. The summed E-state index contributed by atoms with van der Waals surface area (Å²) in [5, 5.41) is 3.49. The summed E-state index contributed by atoms with van der Waals surface area (Å²) >= 11 is 0. The van der Waals surface area contributed by atoms with Gasteiger partial charge in [0.05, 0.1) is 7.11 Å². The molecule has 3 heteroatoms. The van der Waals surface area contributed by atoms with E-state index in [0.29, 0.717) is 6.04 Å². The third-order valence-electron chi connectivity index (χ3n) is 4.13. The second kappa shape index (κ2) is 5.93. The molecule has 19 heavy (non-hydrogen) atoms. The summed E-state index contributed by atoms with van der Waals surface area (Å²) in [4.78, 5) is 2.63. The molecule has 1 heterocycles. The second-order valence-electron chi connectivity index (χ2n) is 5.88. The molecule has 1 fully saturated rings. The Balaban J connectivity index is 2.22. The number of hydrogen-bond acceptors (Lipinski definition) is 3. The zero-order valence-electron chi connectivity index (χ0n) is 12.6. The van der Waals surface area contributed by atoms with Crippen LogP contribution in [0.2, 0.25) is 0 Å². The van der Waals surface area contributed by atoms with Crippen molar-refractivity contribution >= 4 is 0 Å². The summed E-state index contributed by atoms with van der Waals surface area (Å²) in [7, 11) is 1.71. The van der Waals surface area contributed by atoms with Gasteiger partial charge < -0.3 is 10.1 Å². The quantitative estimate of drug-likeness (QED) is 0.903. The van der Waals surface area contributed by atoms with Gasteiger partial charge in [0.15, 0.2) is 0 Å². The van der Waals surface area contributed by atoms with Crippen LogP contribution in [0.3, 0.4) is 0 Å². The summed E-state index contributed by atoms with van der Waals surface area (Å²) in [5.74, 6) is 0.929. The average molecular weight is 262 g/mol. The predicted octanol–water partition coefficient (Wildman–Crippen LogP) is 2.83. The Labute approximate surface area is 116 Å². The van der Waals surface area contributed by atoms with Gasteiger partial charge in [-0.2, -0.15) is 0 Å². The maximum atomic E-state index is 5.25. The van der Waals surface area contributed by atoms with Crippen LogP contribution in [-0.2, 0) is 0 Å². The first-order valence-corrected chi connectivity index (χ1v) is 7.20. The Morgan fingerprint density at radius 3 is 2.53 bits per heavy atom. The Hall–Kier alpha value is -1.06. The fourth-order valence-corrected chi connectivity index (χ4v) is 3.04. The van der Waals surface area contributed by atoms with Crippen LogP contribution in [0, 0.1) is 0 Å². The molecule has 106 valence electrons. The van der Waals surface area contributed by atoms with Crippen molar-refractivity contribution in [2.45, 2.75) is 38.8 Å². The highest BCUT2D eigenvalue weighted by Crippen LogP contribution is 2.32. The molecule has 1 saturated heterocycles. The van der Waals surface area contributed by atoms with E-state index < -0.39 is 0 Å². The maximum Gasteiger partial charge on any atom is 0.118 e. The molecule has 0 amide bonds. The van der Waals surface area contributed by atoms with E-state index in [0.717, 1.165) is 31.8 Å². The molecule has 2 rings (SSSR count). The molecule has 0 radical (unpaired) electrons. The van der Waals surface area contributed by atoms with Crippen molar-refractivity contribution < 1.29 is 4.74 Å². The van der Waals surface area contributed by atoms with Crippen molar-refractivity contribution in [3.63, 3.8) is 0 Å². The van der Waals surface area contributed by atoms with Gasteiger partial charge in [-0.15, -0.1) is 0 Å². The van der Waals surface area contributed by atoms with Crippen molar-refractivity contribution in [1.29, 1.82) is 0 Å². The van der Waals surface area contributed by atoms with Crippen molar-refractivity contribution in [2.75, 3.05) is 26.7 Å². The number of nitrogens with one attached hydrogen (secondary N) is 1. The van der Waals surface area contributed by atoms with Gasteiger partial charge in [-0.25, -0.2) is 0 Å². The van der Waals surface area contributed by atoms with Gasteiger partial charge >= 0.3 is 0 Å². The van der Waals surface area contributed by atoms with E-state index in [1.54, 1.807) is 7.11 Å². The van der Waals surface area contributed by atoms with Crippen LogP contribution < -0.4 is 10.1 Å². The van der Waals surface area contributed by atoms with E-state index >= 15 is 0 Å². The highest BCUT2D eigenvalue weighted by atomic mass is 16.5. The molecule has 0 spiro atoms. The van der Waals surface area contributed by atoms with E-state index in [-0.39, 0.29) is 5.54 Å². The lowest BCUT2D eigenvalue weighted by molar-refractivity contribution is 0.0421. The fourth-order valence-electron chi connectivity index (χ4n) is 3.04. The lowest BCUT2D eigenvalue weighted by Crippen LogP contribution is -2.58. The van der Waals surface area contributed by atoms with Crippen molar-refractivity contribution in [3.8, 4) is 5.75 Å². The number of piperazine rings is 1. The van der Waals surface area contributed by atoms with Gasteiger partial charge in [-0.3, -0.25) is 4.90 Å². The second-order valence-corrected chi connectivity index (χ2v) is 5.88.